The molecule has 20 heavy (non-hydrogen) atoms. The van der Waals surface area contributed by atoms with Gasteiger partial charge in [0.2, 0.25) is 5.91 Å². The lowest BCUT2D eigenvalue weighted by atomic mass is 10.2. The first-order valence-electron chi connectivity index (χ1n) is 6.13. The minimum atomic E-state index is -0.00777. The van der Waals surface area contributed by atoms with Crippen molar-refractivity contribution in [3.8, 4) is 0 Å². The van der Waals surface area contributed by atoms with E-state index in [9.17, 15) is 4.79 Å². The van der Waals surface area contributed by atoms with Crippen molar-refractivity contribution in [2.45, 2.75) is 24.6 Å². The summed E-state index contributed by atoms with van der Waals surface area (Å²) in [6, 6.07) is 5.44. The Bertz CT molecular complexity index is 612. The van der Waals surface area contributed by atoms with Gasteiger partial charge in [-0.1, -0.05) is 11.8 Å². The summed E-state index contributed by atoms with van der Waals surface area (Å²) in [5, 5.41) is 2.89. The van der Waals surface area contributed by atoms with Crippen LogP contribution in [-0.2, 0) is 4.79 Å². The molecule has 3 N–H and O–H groups in total. The van der Waals surface area contributed by atoms with Gasteiger partial charge in [-0.2, -0.15) is 4.37 Å². The van der Waals surface area contributed by atoms with Crippen LogP contribution in [0.3, 0.4) is 0 Å². The lowest BCUT2D eigenvalue weighted by Gasteiger charge is -2.08. The molecule has 0 spiro atoms. The zero-order chi connectivity index (χ0) is 14.5. The van der Waals surface area contributed by atoms with E-state index in [1.165, 1.54) is 11.5 Å². The number of anilines is 2. The Morgan fingerprint density at radius 1 is 1.45 bits per heavy atom. The molecule has 0 saturated carbocycles. The first-order valence-corrected chi connectivity index (χ1v) is 7.89. The molecule has 0 aliphatic heterocycles. The zero-order valence-corrected chi connectivity index (χ0v) is 13.0. The van der Waals surface area contributed by atoms with Crippen LogP contribution in [0, 0.1) is 13.8 Å². The number of nitrogens with one attached hydrogen (secondary N) is 1. The number of nitrogens with two attached hydrogens (primary N) is 1. The second kappa shape index (κ2) is 6.71. The third-order valence-corrected chi connectivity index (χ3v) is 4.51. The molecule has 0 saturated heterocycles. The number of nitrogen functional groups attached to an aromatic ring is 1. The van der Waals surface area contributed by atoms with Gasteiger partial charge >= 0.3 is 0 Å². The molecule has 0 aliphatic rings. The van der Waals surface area contributed by atoms with Gasteiger partial charge in [0.25, 0.3) is 0 Å². The van der Waals surface area contributed by atoms with Crippen LogP contribution in [0.15, 0.2) is 22.5 Å². The van der Waals surface area contributed by atoms with E-state index in [0.717, 1.165) is 21.4 Å². The number of rotatable bonds is 5. The fourth-order valence-electron chi connectivity index (χ4n) is 1.61. The van der Waals surface area contributed by atoms with E-state index in [4.69, 9.17) is 5.73 Å². The molecular weight excluding hydrogens is 292 g/mol. The molecule has 106 valence electrons. The molecule has 7 heteroatoms. The molecule has 5 nitrogen and oxygen atoms in total. The lowest BCUT2D eigenvalue weighted by Crippen LogP contribution is -2.13. The van der Waals surface area contributed by atoms with Gasteiger partial charge in [0.15, 0.2) is 4.34 Å². The number of aromatic nitrogens is 2. The Kier molecular flexibility index (Phi) is 4.97. The SMILES string of the molecule is Cc1nsc(SCCC(=O)Nc2ccc(N)cc2C)n1. The molecule has 0 aliphatic carbocycles. The first-order chi connectivity index (χ1) is 9.54. The van der Waals surface area contributed by atoms with Crippen molar-refractivity contribution in [1.29, 1.82) is 0 Å². The van der Waals surface area contributed by atoms with Crippen LogP contribution < -0.4 is 11.1 Å². The van der Waals surface area contributed by atoms with Crippen molar-refractivity contribution in [2.24, 2.45) is 0 Å². The van der Waals surface area contributed by atoms with Crippen molar-refractivity contribution in [1.82, 2.24) is 9.36 Å². The van der Waals surface area contributed by atoms with Crippen molar-refractivity contribution < 1.29 is 4.79 Å². The monoisotopic (exact) mass is 308 g/mol. The maximum Gasteiger partial charge on any atom is 0.225 e. The van der Waals surface area contributed by atoms with E-state index < -0.39 is 0 Å². The summed E-state index contributed by atoms with van der Waals surface area (Å²) in [5.74, 6) is 1.46. The van der Waals surface area contributed by atoms with Gasteiger partial charge in [0.1, 0.15) is 5.82 Å². The Balaban J connectivity index is 1.80. The molecule has 2 aromatic rings. The quantitative estimate of drug-likeness (QED) is 0.656. The van der Waals surface area contributed by atoms with Crippen LogP contribution in [0.25, 0.3) is 0 Å². The Hall–Kier alpha value is -1.60. The number of carbonyl (C=O) groups is 1. The van der Waals surface area contributed by atoms with Crippen LogP contribution in [0.1, 0.15) is 17.8 Å². The zero-order valence-electron chi connectivity index (χ0n) is 11.3. The van der Waals surface area contributed by atoms with Crippen molar-refractivity contribution in [2.75, 3.05) is 16.8 Å². The second-order valence-electron chi connectivity index (χ2n) is 4.33. The smallest absolute Gasteiger partial charge is 0.225 e. The van der Waals surface area contributed by atoms with E-state index in [0.29, 0.717) is 17.9 Å². The Morgan fingerprint density at radius 2 is 2.25 bits per heavy atom. The van der Waals surface area contributed by atoms with Gasteiger partial charge in [-0.15, -0.1) is 0 Å². The van der Waals surface area contributed by atoms with E-state index in [1.807, 2.05) is 26.0 Å². The Morgan fingerprint density at radius 3 is 2.90 bits per heavy atom. The predicted molar refractivity (Wildman–Crippen MR) is 84.2 cm³/mol. The van der Waals surface area contributed by atoms with E-state index in [1.54, 1.807) is 17.8 Å². The number of benzene rings is 1. The molecule has 1 aromatic heterocycles. The summed E-state index contributed by atoms with van der Waals surface area (Å²) in [5.41, 5.74) is 8.14. The van der Waals surface area contributed by atoms with Crippen molar-refractivity contribution in [3.05, 3.63) is 29.6 Å². The summed E-state index contributed by atoms with van der Waals surface area (Å²) in [6.45, 7) is 3.78. The molecule has 0 atom stereocenters. The molecule has 0 unspecified atom stereocenters. The first kappa shape index (κ1) is 14.8. The van der Waals surface area contributed by atoms with Gasteiger partial charge in [0, 0.05) is 23.5 Å². The molecule has 1 aromatic carbocycles. The average Bonchev–Trinajstić information content (AvgIpc) is 2.79. The summed E-state index contributed by atoms with van der Waals surface area (Å²) in [6.07, 6.45) is 0.438. The highest BCUT2D eigenvalue weighted by molar-refractivity contribution is 8.00. The van der Waals surface area contributed by atoms with Gasteiger partial charge in [-0.05, 0) is 49.1 Å². The normalized spacial score (nSPS) is 10.5. The molecule has 1 heterocycles. The fraction of sp³-hybridized carbons (Fsp3) is 0.308. The minimum absolute atomic E-state index is 0.00777. The molecule has 0 fully saturated rings. The highest BCUT2D eigenvalue weighted by atomic mass is 32.2. The molecule has 1 amide bonds. The second-order valence-corrected chi connectivity index (χ2v) is 6.42. The highest BCUT2D eigenvalue weighted by Crippen LogP contribution is 2.21. The summed E-state index contributed by atoms with van der Waals surface area (Å²) in [7, 11) is 0. The van der Waals surface area contributed by atoms with Crippen LogP contribution in [0.2, 0.25) is 0 Å². The summed E-state index contributed by atoms with van der Waals surface area (Å²) >= 11 is 2.92. The van der Waals surface area contributed by atoms with Crippen LogP contribution >= 0.6 is 23.3 Å². The molecule has 2 rings (SSSR count). The van der Waals surface area contributed by atoms with Gasteiger partial charge < -0.3 is 11.1 Å². The van der Waals surface area contributed by atoms with E-state index in [2.05, 4.69) is 14.7 Å². The third-order valence-electron chi connectivity index (χ3n) is 2.59. The fourth-order valence-corrected chi connectivity index (χ4v) is 3.26. The largest absolute Gasteiger partial charge is 0.399 e. The average molecular weight is 308 g/mol. The maximum atomic E-state index is 11.9. The Labute approximate surface area is 126 Å². The standard InChI is InChI=1S/C13H16N4OS2/c1-8-7-10(14)3-4-11(8)16-12(18)5-6-19-13-15-9(2)17-20-13/h3-4,7H,5-6,14H2,1-2H3,(H,16,18). The third kappa shape index (κ3) is 4.21. The van der Waals surface area contributed by atoms with Gasteiger partial charge in [-0.25, -0.2) is 4.98 Å². The summed E-state index contributed by atoms with van der Waals surface area (Å²) in [4.78, 5) is 16.1. The number of hydrogen-bond donors (Lipinski definition) is 2. The molecule has 0 radical (unpaired) electrons. The molecule has 0 bridgehead atoms. The number of carbonyl (C=O) groups excluding carboxylic acids is 1. The molecular formula is C13H16N4OS2. The number of thioether (sulfide) groups is 1. The van der Waals surface area contributed by atoms with Crippen molar-refractivity contribution in [3.63, 3.8) is 0 Å². The summed E-state index contributed by atoms with van der Waals surface area (Å²) < 4.78 is 5.00. The van der Waals surface area contributed by atoms with Gasteiger partial charge in [0.05, 0.1) is 0 Å². The lowest BCUT2D eigenvalue weighted by molar-refractivity contribution is -0.115. The minimum Gasteiger partial charge on any atom is -0.399 e. The number of amides is 1. The van der Waals surface area contributed by atoms with E-state index in [-0.39, 0.29) is 5.91 Å². The van der Waals surface area contributed by atoms with Crippen molar-refractivity contribution >= 4 is 40.6 Å². The predicted octanol–water partition coefficient (Wildman–Crippen LogP) is 2.86. The van der Waals surface area contributed by atoms with Crippen LogP contribution in [0.4, 0.5) is 11.4 Å². The van der Waals surface area contributed by atoms with Gasteiger partial charge in [-0.3, -0.25) is 4.79 Å². The van der Waals surface area contributed by atoms with Crippen LogP contribution in [-0.4, -0.2) is 21.0 Å². The number of aryl methyl sites for hydroxylation is 2. The topological polar surface area (TPSA) is 80.9 Å². The highest BCUT2D eigenvalue weighted by Gasteiger charge is 2.07. The van der Waals surface area contributed by atoms with E-state index >= 15 is 0 Å². The number of hydrogen-bond acceptors (Lipinski definition) is 6. The van der Waals surface area contributed by atoms with Crippen LogP contribution in [0.5, 0.6) is 0 Å². The number of nitrogens with zero attached hydrogens (tertiary/aromatic N) is 2. The maximum absolute atomic E-state index is 11.9.